The smallest absolute Gasteiger partial charge is 0.319 e. The number of aromatic nitrogens is 4. The summed E-state index contributed by atoms with van der Waals surface area (Å²) in [5, 5.41) is 3.47. The van der Waals surface area contributed by atoms with Crippen molar-refractivity contribution < 1.29 is 19.0 Å². The first-order chi connectivity index (χ1) is 20.4. The maximum absolute atomic E-state index is 12.9. The highest BCUT2D eigenvalue weighted by Crippen LogP contribution is 2.33. The minimum Gasteiger partial charge on any atom is -0.454 e. The van der Waals surface area contributed by atoms with Crippen molar-refractivity contribution >= 4 is 29.0 Å². The third-order valence-corrected chi connectivity index (χ3v) is 7.54. The molecule has 4 heterocycles. The number of carbonyl (C=O) groups is 1. The maximum Gasteiger partial charge on any atom is 0.319 e. The minimum absolute atomic E-state index is 0.00493. The number of fused-ring (bicyclic) bond motifs is 2. The van der Waals surface area contributed by atoms with E-state index in [-0.39, 0.29) is 12.8 Å². The molecule has 2 aliphatic rings. The summed E-state index contributed by atoms with van der Waals surface area (Å²) < 4.78 is 18.4. The molecule has 12 nitrogen and oxygen atoms in total. The van der Waals surface area contributed by atoms with Gasteiger partial charge in [-0.3, -0.25) is 0 Å². The lowest BCUT2D eigenvalue weighted by atomic mass is 10.1. The molecule has 0 saturated carbocycles. The number of anilines is 2. The van der Waals surface area contributed by atoms with E-state index < -0.39 is 0 Å². The number of hydrogen-bond donors (Lipinski definition) is 1. The summed E-state index contributed by atoms with van der Waals surface area (Å²) in [6, 6.07) is 14.3. The van der Waals surface area contributed by atoms with Gasteiger partial charge in [0, 0.05) is 46.8 Å². The summed E-state index contributed by atoms with van der Waals surface area (Å²) in [7, 11) is 3.77. The summed E-state index contributed by atoms with van der Waals surface area (Å²) >= 11 is 0. The van der Waals surface area contributed by atoms with E-state index in [1.165, 1.54) is 5.56 Å². The second kappa shape index (κ2) is 12.1. The van der Waals surface area contributed by atoms with Crippen LogP contribution >= 0.6 is 0 Å². The number of nitrogens with zero attached hydrogens (tertiary/aromatic N) is 7. The van der Waals surface area contributed by atoms with Crippen molar-refractivity contribution in [3.63, 3.8) is 0 Å². The van der Waals surface area contributed by atoms with Gasteiger partial charge >= 0.3 is 6.03 Å². The molecule has 12 heteroatoms. The maximum atomic E-state index is 12.9. The van der Waals surface area contributed by atoms with Gasteiger partial charge in [0.1, 0.15) is 0 Å². The fourth-order valence-electron chi connectivity index (χ4n) is 4.96. The van der Waals surface area contributed by atoms with Gasteiger partial charge in [0.2, 0.25) is 12.7 Å². The first-order valence-corrected chi connectivity index (χ1v) is 14.1. The highest BCUT2D eigenvalue weighted by atomic mass is 16.7. The van der Waals surface area contributed by atoms with Crippen LogP contribution in [-0.4, -0.2) is 95.6 Å². The molecule has 0 radical (unpaired) electrons. The van der Waals surface area contributed by atoms with Crippen LogP contribution in [0, 0.1) is 6.92 Å². The average Bonchev–Trinajstić information content (AvgIpc) is 3.66. The van der Waals surface area contributed by atoms with Crippen molar-refractivity contribution in [2.45, 2.75) is 20.0 Å². The standard InChI is InChI=1S/C30H36N8O4/c1-21-4-6-22(7-5-21)18-38-19-32-26-27(31-17-23-8-9-24-25(16-23)42-20-41-24)33-29(34-28(26)38)35(2)10-11-36(3)30(39)37-12-14-40-15-13-37/h4-9,16,19H,10-15,17-18,20H2,1-3H3,(H,31,33,34). The third kappa shape index (κ3) is 6.03. The van der Waals surface area contributed by atoms with Crippen molar-refractivity contribution in [1.29, 1.82) is 0 Å². The van der Waals surface area contributed by atoms with Crippen LogP contribution in [0.4, 0.5) is 16.6 Å². The number of hydrogen-bond acceptors (Lipinski definition) is 9. The Bertz CT molecular complexity index is 1550. The van der Waals surface area contributed by atoms with Gasteiger partial charge in [-0.25, -0.2) is 9.78 Å². The lowest BCUT2D eigenvalue weighted by Crippen LogP contribution is -2.48. The largest absolute Gasteiger partial charge is 0.454 e. The average molecular weight is 573 g/mol. The zero-order valence-electron chi connectivity index (χ0n) is 24.2. The number of likely N-dealkylation sites (N-methyl/N-ethyl adjacent to an activating group) is 2. The molecule has 220 valence electrons. The predicted octanol–water partition coefficient (Wildman–Crippen LogP) is 3.34. The number of imidazole rings is 1. The summed E-state index contributed by atoms with van der Waals surface area (Å²) in [4.78, 5) is 32.9. The quantitative estimate of drug-likeness (QED) is 0.323. The van der Waals surface area contributed by atoms with Crippen molar-refractivity contribution in [1.82, 2.24) is 29.3 Å². The summed E-state index contributed by atoms with van der Waals surface area (Å²) in [5.41, 5.74) is 4.83. The molecule has 2 aliphatic heterocycles. The molecule has 0 unspecified atom stereocenters. The van der Waals surface area contributed by atoms with Crippen LogP contribution < -0.4 is 19.7 Å². The molecular weight excluding hydrogens is 536 g/mol. The van der Waals surface area contributed by atoms with Gasteiger partial charge in [-0.05, 0) is 30.2 Å². The molecule has 0 bridgehead atoms. The number of morpholine rings is 1. The monoisotopic (exact) mass is 572 g/mol. The number of amides is 2. The van der Waals surface area contributed by atoms with Gasteiger partial charge in [-0.15, -0.1) is 0 Å². The number of ether oxygens (including phenoxy) is 3. The molecule has 0 spiro atoms. The Morgan fingerprint density at radius 2 is 1.74 bits per heavy atom. The second-order valence-corrected chi connectivity index (χ2v) is 10.7. The van der Waals surface area contributed by atoms with Crippen LogP contribution in [0.2, 0.25) is 0 Å². The van der Waals surface area contributed by atoms with Crippen molar-refractivity contribution in [3.05, 3.63) is 65.5 Å². The van der Waals surface area contributed by atoms with Crippen LogP contribution in [0.15, 0.2) is 48.8 Å². The lowest BCUT2D eigenvalue weighted by Gasteiger charge is -2.31. The molecule has 0 atom stereocenters. The van der Waals surface area contributed by atoms with Gasteiger partial charge in [-0.1, -0.05) is 35.9 Å². The SMILES string of the molecule is Cc1ccc(Cn2cnc3c(NCc4ccc5c(c4)OCO5)nc(N(C)CCN(C)C(=O)N4CCOCC4)nc32)cc1. The zero-order chi connectivity index (χ0) is 29.1. The molecule has 1 fully saturated rings. The first-order valence-electron chi connectivity index (χ1n) is 14.1. The molecule has 4 aromatic rings. The molecule has 2 aromatic heterocycles. The highest BCUT2D eigenvalue weighted by Gasteiger charge is 2.22. The van der Waals surface area contributed by atoms with Gasteiger partial charge in [-0.2, -0.15) is 9.97 Å². The lowest BCUT2D eigenvalue weighted by molar-refractivity contribution is 0.0455. The van der Waals surface area contributed by atoms with Crippen LogP contribution in [0.3, 0.4) is 0 Å². The normalized spacial score (nSPS) is 14.3. The van der Waals surface area contributed by atoms with Gasteiger partial charge in [0.15, 0.2) is 28.5 Å². The third-order valence-electron chi connectivity index (χ3n) is 7.54. The van der Waals surface area contributed by atoms with Crippen LogP contribution in [0.25, 0.3) is 11.2 Å². The number of rotatable bonds is 9. The van der Waals surface area contributed by atoms with Crippen LogP contribution in [0.1, 0.15) is 16.7 Å². The number of nitrogens with one attached hydrogen (secondary N) is 1. The Morgan fingerprint density at radius 3 is 2.55 bits per heavy atom. The van der Waals surface area contributed by atoms with Crippen molar-refractivity contribution in [2.24, 2.45) is 0 Å². The van der Waals surface area contributed by atoms with Gasteiger partial charge in [0.25, 0.3) is 0 Å². The van der Waals surface area contributed by atoms with Crippen LogP contribution in [0.5, 0.6) is 11.5 Å². The molecule has 2 aromatic carbocycles. The molecule has 1 saturated heterocycles. The topological polar surface area (TPSA) is 110 Å². The minimum atomic E-state index is 0.00493. The predicted molar refractivity (Wildman–Crippen MR) is 159 cm³/mol. The van der Waals surface area contributed by atoms with Crippen molar-refractivity contribution in [3.8, 4) is 11.5 Å². The summed E-state index contributed by atoms with van der Waals surface area (Å²) in [6.07, 6.45) is 1.81. The number of aryl methyl sites for hydroxylation is 1. The molecule has 6 rings (SSSR count). The number of urea groups is 1. The van der Waals surface area contributed by atoms with Crippen molar-refractivity contribution in [2.75, 3.05) is 70.5 Å². The fourth-order valence-corrected chi connectivity index (χ4v) is 4.96. The summed E-state index contributed by atoms with van der Waals surface area (Å²) in [6.45, 7) is 6.93. The number of carbonyl (C=O) groups excluding carboxylic acids is 1. The molecular formula is C30H36N8O4. The molecule has 2 amide bonds. The molecule has 1 N–H and O–H groups in total. The van der Waals surface area contributed by atoms with E-state index in [0.29, 0.717) is 69.8 Å². The highest BCUT2D eigenvalue weighted by molar-refractivity contribution is 5.84. The summed E-state index contributed by atoms with van der Waals surface area (Å²) in [5.74, 6) is 2.67. The van der Waals surface area contributed by atoms with E-state index in [4.69, 9.17) is 29.2 Å². The Hall–Kier alpha value is -4.58. The molecule has 42 heavy (non-hydrogen) atoms. The van der Waals surface area contributed by atoms with Crippen LogP contribution in [-0.2, 0) is 17.8 Å². The van der Waals surface area contributed by atoms with E-state index >= 15 is 0 Å². The first kappa shape index (κ1) is 27.6. The second-order valence-electron chi connectivity index (χ2n) is 10.7. The van der Waals surface area contributed by atoms with E-state index in [2.05, 4.69) is 36.5 Å². The Morgan fingerprint density at radius 1 is 0.976 bits per heavy atom. The van der Waals surface area contributed by atoms with E-state index in [1.54, 1.807) is 4.90 Å². The Kier molecular flexibility index (Phi) is 7.95. The van der Waals surface area contributed by atoms with Gasteiger partial charge < -0.3 is 38.8 Å². The van der Waals surface area contributed by atoms with Gasteiger partial charge in [0.05, 0.1) is 26.1 Å². The van der Waals surface area contributed by atoms with E-state index in [9.17, 15) is 4.79 Å². The Balaban J connectivity index is 1.23. The zero-order valence-corrected chi connectivity index (χ0v) is 24.2. The Labute approximate surface area is 244 Å². The number of benzene rings is 2. The molecule has 0 aliphatic carbocycles. The fraction of sp³-hybridized carbons (Fsp3) is 0.400. The van der Waals surface area contributed by atoms with E-state index in [0.717, 1.165) is 28.3 Å². The van der Waals surface area contributed by atoms with E-state index in [1.807, 2.05) is 53.0 Å².